The van der Waals surface area contributed by atoms with Crippen molar-refractivity contribution in [3.05, 3.63) is 35.4 Å². The van der Waals surface area contributed by atoms with Gasteiger partial charge >= 0.3 is 0 Å². The van der Waals surface area contributed by atoms with E-state index in [1.54, 1.807) is 12.1 Å². The molecule has 116 valence electrons. The van der Waals surface area contributed by atoms with Crippen LogP contribution in [0.25, 0.3) is 0 Å². The SMILES string of the molecule is CCCCC(=O)NCc1ccc(C(=O)NCCCN)cc1. The molecule has 1 aromatic carbocycles. The standard InChI is InChI=1S/C16H25N3O2/c1-2-3-5-15(20)19-12-13-6-8-14(9-7-13)16(21)18-11-4-10-17/h6-9H,2-5,10-12,17H2,1H3,(H,18,21)(H,19,20). The molecule has 1 rings (SSSR count). The maximum atomic E-state index is 11.8. The van der Waals surface area contributed by atoms with Gasteiger partial charge in [0, 0.05) is 25.1 Å². The minimum atomic E-state index is -0.0954. The number of carbonyl (C=O) groups excluding carboxylic acids is 2. The molecule has 5 nitrogen and oxygen atoms in total. The number of nitrogens with one attached hydrogen (secondary N) is 2. The van der Waals surface area contributed by atoms with Gasteiger partial charge in [-0.15, -0.1) is 0 Å². The predicted octanol–water partition coefficient (Wildman–Crippen LogP) is 1.57. The van der Waals surface area contributed by atoms with Gasteiger partial charge in [-0.25, -0.2) is 0 Å². The average Bonchev–Trinajstić information content (AvgIpc) is 2.51. The normalized spacial score (nSPS) is 10.2. The zero-order valence-electron chi connectivity index (χ0n) is 12.7. The van der Waals surface area contributed by atoms with Gasteiger partial charge in [0.15, 0.2) is 0 Å². The van der Waals surface area contributed by atoms with Gasteiger partial charge in [-0.3, -0.25) is 9.59 Å². The van der Waals surface area contributed by atoms with Gasteiger partial charge in [-0.1, -0.05) is 25.5 Å². The van der Waals surface area contributed by atoms with Crippen LogP contribution in [0.5, 0.6) is 0 Å². The molecule has 1 aromatic rings. The highest BCUT2D eigenvalue weighted by molar-refractivity contribution is 5.94. The monoisotopic (exact) mass is 291 g/mol. The molecule has 0 bridgehead atoms. The van der Waals surface area contributed by atoms with E-state index in [4.69, 9.17) is 5.73 Å². The number of amides is 2. The Kier molecular flexibility index (Phi) is 8.12. The number of nitrogens with two attached hydrogens (primary N) is 1. The molecule has 0 aromatic heterocycles. The summed E-state index contributed by atoms with van der Waals surface area (Å²) in [6, 6.07) is 7.26. The minimum Gasteiger partial charge on any atom is -0.352 e. The van der Waals surface area contributed by atoms with Crippen molar-refractivity contribution in [2.75, 3.05) is 13.1 Å². The summed E-state index contributed by atoms with van der Waals surface area (Å²) in [4.78, 5) is 23.3. The largest absolute Gasteiger partial charge is 0.352 e. The van der Waals surface area contributed by atoms with Gasteiger partial charge in [0.2, 0.25) is 5.91 Å². The van der Waals surface area contributed by atoms with E-state index in [1.165, 1.54) is 0 Å². The molecule has 0 aliphatic carbocycles. The Labute approximate surface area is 126 Å². The summed E-state index contributed by atoms with van der Waals surface area (Å²) < 4.78 is 0. The van der Waals surface area contributed by atoms with Gasteiger partial charge in [0.25, 0.3) is 5.91 Å². The van der Waals surface area contributed by atoms with E-state index in [2.05, 4.69) is 17.6 Å². The van der Waals surface area contributed by atoms with E-state index in [0.717, 1.165) is 24.8 Å². The summed E-state index contributed by atoms with van der Waals surface area (Å²) in [6.07, 6.45) is 3.26. The highest BCUT2D eigenvalue weighted by Gasteiger charge is 2.05. The quantitative estimate of drug-likeness (QED) is 0.604. The summed E-state index contributed by atoms with van der Waals surface area (Å²) in [6.45, 7) is 3.71. The molecule has 0 spiro atoms. The Morgan fingerprint density at radius 2 is 1.81 bits per heavy atom. The Bertz CT molecular complexity index is 443. The highest BCUT2D eigenvalue weighted by Crippen LogP contribution is 2.05. The van der Waals surface area contributed by atoms with E-state index in [-0.39, 0.29) is 11.8 Å². The van der Waals surface area contributed by atoms with E-state index in [1.807, 2.05) is 12.1 Å². The smallest absolute Gasteiger partial charge is 0.251 e. The fraction of sp³-hybridized carbons (Fsp3) is 0.500. The van der Waals surface area contributed by atoms with Crippen molar-refractivity contribution < 1.29 is 9.59 Å². The Hall–Kier alpha value is -1.88. The first-order valence-corrected chi connectivity index (χ1v) is 7.51. The Morgan fingerprint density at radius 3 is 2.43 bits per heavy atom. The zero-order chi connectivity index (χ0) is 15.5. The Balaban J connectivity index is 2.39. The Morgan fingerprint density at radius 1 is 1.10 bits per heavy atom. The second kappa shape index (κ2) is 9.94. The van der Waals surface area contributed by atoms with E-state index in [0.29, 0.717) is 31.6 Å². The van der Waals surface area contributed by atoms with Crippen LogP contribution in [0.2, 0.25) is 0 Å². The van der Waals surface area contributed by atoms with Crippen LogP contribution in [0.1, 0.15) is 48.5 Å². The van der Waals surface area contributed by atoms with Crippen LogP contribution in [0, 0.1) is 0 Å². The van der Waals surface area contributed by atoms with Crippen molar-refractivity contribution in [2.45, 2.75) is 39.2 Å². The van der Waals surface area contributed by atoms with E-state index in [9.17, 15) is 9.59 Å². The van der Waals surface area contributed by atoms with Crippen LogP contribution in [0.3, 0.4) is 0 Å². The molecule has 0 saturated heterocycles. The maximum Gasteiger partial charge on any atom is 0.251 e. The van der Waals surface area contributed by atoms with Crippen LogP contribution in [0.4, 0.5) is 0 Å². The first-order valence-electron chi connectivity index (χ1n) is 7.51. The molecular weight excluding hydrogens is 266 g/mol. The molecule has 0 atom stereocenters. The molecule has 0 saturated carbocycles. The van der Waals surface area contributed by atoms with Gasteiger partial charge in [-0.05, 0) is 37.1 Å². The van der Waals surface area contributed by atoms with Crippen molar-refractivity contribution in [1.29, 1.82) is 0 Å². The zero-order valence-corrected chi connectivity index (χ0v) is 12.7. The number of carbonyl (C=O) groups is 2. The molecule has 0 unspecified atom stereocenters. The van der Waals surface area contributed by atoms with E-state index >= 15 is 0 Å². The third-order valence-corrected chi connectivity index (χ3v) is 3.13. The predicted molar refractivity (Wildman–Crippen MR) is 83.8 cm³/mol. The molecule has 0 radical (unpaired) electrons. The molecule has 5 heteroatoms. The number of hydrogen-bond donors (Lipinski definition) is 3. The minimum absolute atomic E-state index is 0.0699. The molecule has 0 heterocycles. The second-order valence-corrected chi connectivity index (χ2v) is 4.98. The topological polar surface area (TPSA) is 84.2 Å². The summed E-state index contributed by atoms with van der Waals surface area (Å²) in [5.41, 5.74) is 6.98. The van der Waals surface area contributed by atoms with Gasteiger partial charge in [0.1, 0.15) is 0 Å². The lowest BCUT2D eigenvalue weighted by Crippen LogP contribution is -2.26. The van der Waals surface area contributed by atoms with Crippen molar-refractivity contribution in [3.8, 4) is 0 Å². The third kappa shape index (κ3) is 6.90. The molecule has 0 fully saturated rings. The van der Waals surface area contributed by atoms with Crippen LogP contribution in [0.15, 0.2) is 24.3 Å². The number of benzene rings is 1. The second-order valence-electron chi connectivity index (χ2n) is 4.98. The number of hydrogen-bond acceptors (Lipinski definition) is 3. The summed E-state index contributed by atoms with van der Waals surface area (Å²) >= 11 is 0. The summed E-state index contributed by atoms with van der Waals surface area (Å²) in [5, 5.41) is 5.68. The van der Waals surface area contributed by atoms with Crippen LogP contribution < -0.4 is 16.4 Å². The fourth-order valence-corrected chi connectivity index (χ4v) is 1.81. The van der Waals surface area contributed by atoms with E-state index < -0.39 is 0 Å². The molecule has 0 aliphatic rings. The molecule has 2 amide bonds. The number of rotatable bonds is 9. The highest BCUT2D eigenvalue weighted by atomic mass is 16.2. The summed E-state index contributed by atoms with van der Waals surface area (Å²) in [5.74, 6) is -0.0255. The molecular formula is C16H25N3O2. The molecule has 21 heavy (non-hydrogen) atoms. The van der Waals surface area contributed by atoms with Crippen molar-refractivity contribution in [1.82, 2.24) is 10.6 Å². The van der Waals surface area contributed by atoms with Gasteiger partial charge in [0.05, 0.1) is 0 Å². The number of unbranched alkanes of at least 4 members (excludes halogenated alkanes) is 1. The van der Waals surface area contributed by atoms with Crippen LogP contribution in [-0.2, 0) is 11.3 Å². The first-order chi connectivity index (χ1) is 10.2. The lowest BCUT2D eigenvalue weighted by Gasteiger charge is -2.07. The fourth-order valence-electron chi connectivity index (χ4n) is 1.81. The van der Waals surface area contributed by atoms with Gasteiger partial charge in [-0.2, -0.15) is 0 Å². The van der Waals surface area contributed by atoms with Crippen molar-refractivity contribution in [3.63, 3.8) is 0 Å². The molecule has 0 aliphatic heterocycles. The van der Waals surface area contributed by atoms with Crippen molar-refractivity contribution >= 4 is 11.8 Å². The van der Waals surface area contributed by atoms with Gasteiger partial charge < -0.3 is 16.4 Å². The van der Waals surface area contributed by atoms with Crippen LogP contribution in [-0.4, -0.2) is 24.9 Å². The molecule has 4 N–H and O–H groups in total. The van der Waals surface area contributed by atoms with Crippen molar-refractivity contribution in [2.24, 2.45) is 5.73 Å². The lowest BCUT2D eigenvalue weighted by atomic mass is 10.1. The first kappa shape index (κ1) is 17.2. The summed E-state index contributed by atoms with van der Waals surface area (Å²) in [7, 11) is 0. The average molecular weight is 291 g/mol. The lowest BCUT2D eigenvalue weighted by molar-refractivity contribution is -0.121. The maximum absolute atomic E-state index is 11.8. The van der Waals surface area contributed by atoms with Crippen LogP contribution >= 0.6 is 0 Å². The third-order valence-electron chi connectivity index (χ3n) is 3.13.